The van der Waals surface area contributed by atoms with Crippen LogP contribution in [0.4, 0.5) is 5.82 Å². The minimum Gasteiger partial charge on any atom is -0.393 e. The Bertz CT molecular complexity index is 395. The fourth-order valence-corrected chi connectivity index (χ4v) is 3.03. The number of pyridine rings is 1. The van der Waals surface area contributed by atoms with E-state index in [9.17, 15) is 5.11 Å². The number of aliphatic hydroxyl groups excluding tert-OH is 1. The van der Waals surface area contributed by atoms with Crippen molar-refractivity contribution in [2.75, 3.05) is 11.4 Å². The summed E-state index contributed by atoms with van der Waals surface area (Å²) in [5.41, 5.74) is 1.19. The van der Waals surface area contributed by atoms with Crippen molar-refractivity contribution in [1.82, 2.24) is 4.98 Å². The molecule has 1 N–H and O–H groups in total. The summed E-state index contributed by atoms with van der Waals surface area (Å²) in [6, 6.07) is 2.53. The van der Waals surface area contributed by atoms with Crippen LogP contribution >= 0.6 is 15.9 Å². The molecule has 2 unspecified atom stereocenters. The third-order valence-corrected chi connectivity index (χ3v) is 3.71. The summed E-state index contributed by atoms with van der Waals surface area (Å²) in [7, 11) is 0. The van der Waals surface area contributed by atoms with E-state index in [1.165, 1.54) is 12.0 Å². The van der Waals surface area contributed by atoms with Crippen LogP contribution in [0.25, 0.3) is 0 Å². The zero-order valence-electron chi connectivity index (χ0n) is 10.4. The van der Waals surface area contributed by atoms with E-state index in [1.807, 2.05) is 13.1 Å². The van der Waals surface area contributed by atoms with Crippen LogP contribution < -0.4 is 4.90 Å². The SMILES string of the molecule is Cc1cc(Br)cnc1N1CCCC1CC(C)O. The number of nitrogens with zero attached hydrogens (tertiary/aromatic N) is 2. The van der Waals surface area contributed by atoms with Crippen LogP contribution in [0.3, 0.4) is 0 Å². The Hall–Kier alpha value is -0.610. The summed E-state index contributed by atoms with van der Waals surface area (Å²) in [4.78, 5) is 6.86. The van der Waals surface area contributed by atoms with Gasteiger partial charge in [0.1, 0.15) is 5.82 Å². The van der Waals surface area contributed by atoms with E-state index in [-0.39, 0.29) is 6.10 Å². The van der Waals surface area contributed by atoms with Gasteiger partial charge >= 0.3 is 0 Å². The molecule has 0 bridgehead atoms. The molecule has 0 aromatic carbocycles. The molecule has 3 nitrogen and oxygen atoms in total. The van der Waals surface area contributed by atoms with Gasteiger partial charge in [0.2, 0.25) is 0 Å². The van der Waals surface area contributed by atoms with Crippen LogP contribution in [-0.2, 0) is 0 Å². The molecule has 0 spiro atoms. The number of rotatable bonds is 3. The second-order valence-corrected chi connectivity index (χ2v) is 5.78. The molecule has 0 amide bonds. The highest BCUT2D eigenvalue weighted by molar-refractivity contribution is 9.10. The Balaban J connectivity index is 2.20. The first-order chi connectivity index (χ1) is 8.08. The van der Waals surface area contributed by atoms with Crippen molar-refractivity contribution in [3.63, 3.8) is 0 Å². The van der Waals surface area contributed by atoms with E-state index in [0.29, 0.717) is 6.04 Å². The van der Waals surface area contributed by atoms with Gasteiger partial charge in [-0.05, 0) is 60.7 Å². The highest BCUT2D eigenvalue weighted by Gasteiger charge is 2.27. The van der Waals surface area contributed by atoms with Crippen LogP contribution in [0.1, 0.15) is 31.7 Å². The first kappa shape index (κ1) is 12.8. The predicted molar refractivity (Wildman–Crippen MR) is 73.3 cm³/mol. The van der Waals surface area contributed by atoms with E-state index in [2.05, 4.69) is 38.8 Å². The van der Waals surface area contributed by atoms with Crippen molar-refractivity contribution < 1.29 is 5.11 Å². The lowest BCUT2D eigenvalue weighted by Crippen LogP contribution is -2.33. The van der Waals surface area contributed by atoms with Gasteiger partial charge in [-0.3, -0.25) is 0 Å². The molecule has 1 aromatic rings. The van der Waals surface area contributed by atoms with Gasteiger partial charge in [0.15, 0.2) is 0 Å². The monoisotopic (exact) mass is 298 g/mol. The highest BCUT2D eigenvalue weighted by Crippen LogP contribution is 2.29. The lowest BCUT2D eigenvalue weighted by Gasteiger charge is -2.28. The zero-order valence-corrected chi connectivity index (χ0v) is 11.9. The quantitative estimate of drug-likeness (QED) is 0.932. The number of aryl methyl sites for hydroxylation is 1. The molecule has 1 fully saturated rings. The second-order valence-electron chi connectivity index (χ2n) is 4.87. The first-order valence-corrected chi connectivity index (χ1v) is 6.94. The molecule has 4 heteroatoms. The Labute approximate surface area is 111 Å². The molecule has 94 valence electrons. The van der Waals surface area contributed by atoms with E-state index < -0.39 is 0 Å². The number of hydrogen-bond donors (Lipinski definition) is 1. The molecule has 2 rings (SSSR count). The summed E-state index contributed by atoms with van der Waals surface area (Å²) in [5, 5.41) is 9.54. The summed E-state index contributed by atoms with van der Waals surface area (Å²) in [6.45, 7) is 5.00. The molecule has 1 aliphatic heterocycles. The number of halogens is 1. The summed E-state index contributed by atoms with van der Waals surface area (Å²) in [6.07, 6.45) is 4.78. The van der Waals surface area contributed by atoms with Gasteiger partial charge in [-0.2, -0.15) is 0 Å². The van der Waals surface area contributed by atoms with Crippen LogP contribution in [0, 0.1) is 6.92 Å². The van der Waals surface area contributed by atoms with Gasteiger partial charge in [-0.25, -0.2) is 4.98 Å². The number of anilines is 1. The van der Waals surface area contributed by atoms with Crippen molar-refractivity contribution >= 4 is 21.7 Å². The Morgan fingerprint density at radius 1 is 1.65 bits per heavy atom. The lowest BCUT2D eigenvalue weighted by atomic mass is 10.1. The normalized spacial score (nSPS) is 21.9. The fraction of sp³-hybridized carbons (Fsp3) is 0.615. The Morgan fingerprint density at radius 3 is 3.06 bits per heavy atom. The standard InChI is InChI=1S/C13H19BrN2O/c1-9-6-11(14)8-15-13(9)16-5-3-4-12(16)7-10(2)17/h6,8,10,12,17H,3-5,7H2,1-2H3. The molecule has 0 aliphatic carbocycles. The van der Waals surface area contributed by atoms with Gasteiger partial charge in [0.25, 0.3) is 0 Å². The molecular weight excluding hydrogens is 280 g/mol. The topological polar surface area (TPSA) is 36.4 Å². The molecule has 1 saturated heterocycles. The predicted octanol–water partition coefficient (Wildman–Crippen LogP) is 2.89. The van der Waals surface area contributed by atoms with Crippen molar-refractivity contribution in [3.8, 4) is 0 Å². The maximum Gasteiger partial charge on any atom is 0.131 e. The molecule has 1 aromatic heterocycles. The molecule has 2 atom stereocenters. The number of aromatic nitrogens is 1. The summed E-state index contributed by atoms with van der Waals surface area (Å²) >= 11 is 3.44. The number of hydrogen-bond acceptors (Lipinski definition) is 3. The van der Waals surface area contributed by atoms with E-state index >= 15 is 0 Å². The average Bonchev–Trinajstić information content (AvgIpc) is 2.65. The number of aliphatic hydroxyl groups is 1. The largest absolute Gasteiger partial charge is 0.393 e. The van der Waals surface area contributed by atoms with E-state index in [4.69, 9.17) is 0 Å². The van der Waals surface area contributed by atoms with Gasteiger partial charge in [-0.1, -0.05) is 0 Å². The highest BCUT2D eigenvalue weighted by atomic mass is 79.9. The first-order valence-electron chi connectivity index (χ1n) is 6.15. The summed E-state index contributed by atoms with van der Waals surface area (Å²) in [5.74, 6) is 1.07. The molecular formula is C13H19BrN2O. The minimum absolute atomic E-state index is 0.239. The lowest BCUT2D eigenvalue weighted by molar-refractivity contribution is 0.175. The smallest absolute Gasteiger partial charge is 0.131 e. The van der Waals surface area contributed by atoms with Crippen LogP contribution in [0.15, 0.2) is 16.7 Å². The van der Waals surface area contributed by atoms with Crippen molar-refractivity contribution in [2.45, 2.75) is 45.3 Å². The maximum absolute atomic E-state index is 9.54. The van der Waals surface area contributed by atoms with Crippen LogP contribution in [-0.4, -0.2) is 28.8 Å². The Kier molecular flexibility index (Phi) is 4.05. The van der Waals surface area contributed by atoms with E-state index in [0.717, 1.165) is 29.7 Å². The molecule has 0 radical (unpaired) electrons. The Morgan fingerprint density at radius 2 is 2.41 bits per heavy atom. The molecule has 1 aliphatic rings. The van der Waals surface area contributed by atoms with Crippen LogP contribution in [0.2, 0.25) is 0 Å². The maximum atomic E-state index is 9.54. The minimum atomic E-state index is -0.239. The average molecular weight is 299 g/mol. The second kappa shape index (κ2) is 5.36. The fourth-order valence-electron chi connectivity index (χ4n) is 2.59. The van der Waals surface area contributed by atoms with Gasteiger partial charge in [0, 0.05) is 23.3 Å². The van der Waals surface area contributed by atoms with E-state index in [1.54, 1.807) is 0 Å². The molecule has 0 saturated carbocycles. The third kappa shape index (κ3) is 2.99. The van der Waals surface area contributed by atoms with Crippen molar-refractivity contribution in [1.29, 1.82) is 0 Å². The summed E-state index contributed by atoms with van der Waals surface area (Å²) < 4.78 is 1.02. The van der Waals surface area contributed by atoms with Crippen molar-refractivity contribution in [2.24, 2.45) is 0 Å². The molecule has 17 heavy (non-hydrogen) atoms. The zero-order chi connectivity index (χ0) is 12.4. The third-order valence-electron chi connectivity index (χ3n) is 3.28. The molecule has 2 heterocycles. The van der Waals surface area contributed by atoms with Crippen molar-refractivity contribution in [3.05, 3.63) is 22.3 Å². The van der Waals surface area contributed by atoms with Gasteiger partial charge in [0.05, 0.1) is 6.10 Å². The van der Waals surface area contributed by atoms with Gasteiger partial charge in [-0.15, -0.1) is 0 Å². The van der Waals surface area contributed by atoms with Crippen LogP contribution in [0.5, 0.6) is 0 Å². The van der Waals surface area contributed by atoms with Gasteiger partial charge < -0.3 is 10.0 Å².